The fraction of sp³-hybridized carbons (Fsp3) is 0.355. The molecule has 0 aromatic heterocycles. The third-order valence-corrected chi connectivity index (χ3v) is 8.25. The van der Waals surface area contributed by atoms with Gasteiger partial charge in [-0.3, -0.25) is 13.9 Å². The minimum Gasteiger partial charge on any atom is -0.497 e. The summed E-state index contributed by atoms with van der Waals surface area (Å²) in [6, 6.07) is 20.5. The molecule has 42 heavy (non-hydrogen) atoms. The Morgan fingerprint density at radius 1 is 0.952 bits per heavy atom. The van der Waals surface area contributed by atoms with Crippen LogP contribution in [0.15, 0.2) is 72.8 Å². The molecule has 1 atom stereocenters. The van der Waals surface area contributed by atoms with Crippen LogP contribution in [0.3, 0.4) is 0 Å². The summed E-state index contributed by atoms with van der Waals surface area (Å²) >= 11 is 12.4. The topological polar surface area (TPSA) is 96.0 Å². The number of halogens is 2. The van der Waals surface area contributed by atoms with Crippen LogP contribution in [0.5, 0.6) is 5.75 Å². The third-order valence-electron chi connectivity index (χ3n) is 6.52. The van der Waals surface area contributed by atoms with Gasteiger partial charge >= 0.3 is 0 Å². The van der Waals surface area contributed by atoms with Gasteiger partial charge in [0.25, 0.3) is 0 Å². The number of anilines is 1. The normalized spacial score (nSPS) is 12.1. The van der Waals surface area contributed by atoms with Crippen molar-refractivity contribution in [3.8, 4) is 5.75 Å². The maximum atomic E-state index is 13.9. The molecule has 11 heteroatoms. The zero-order chi connectivity index (χ0) is 30.9. The van der Waals surface area contributed by atoms with Crippen LogP contribution >= 0.6 is 23.2 Å². The van der Waals surface area contributed by atoms with E-state index in [4.69, 9.17) is 27.9 Å². The molecule has 0 radical (unpaired) electrons. The Kier molecular flexibility index (Phi) is 12.1. The molecule has 0 aliphatic rings. The van der Waals surface area contributed by atoms with Crippen LogP contribution in [0.4, 0.5) is 5.69 Å². The summed E-state index contributed by atoms with van der Waals surface area (Å²) in [5.41, 5.74) is 1.94. The van der Waals surface area contributed by atoms with Crippen LogP contribution in [0.2, 0.25) is 10.0 Å². The number of benzene rings is 3. The molecule has 3 aromatic rings. The van der Waals surface area contributed by atoms with E-state index in [0.29, 0.717) is 17.2 Å². The van der Waals surface area contributed by atoms with Gasteiger partial charge in [-0.1, -0.05) is 65.7 Å². The number of carbonyl (C=O) groups excluding carboxylic acids is 2. The van der Waals surface area contributed by atoms with Crippen LogP contribution in [-0.2, 0) is 32.6 Å². The Labute approximate surface area is 258 Å². The van der Waals surface area contributed by atoms with Crippen LogP contribution in [0, 0.1) is 0 Å². The minimum atomic E-state index is -3.73. The lowest BCUT2D eigenvalue weighted by molar-refractivity contribution is -0.141. The predicted molar refractivity (Wildman–Crippen MR) is 169 cm³/mol. The molecule has 0 saturated heterocycles. The number of nitrogens with one attached hydrogen (secondary N) is 1. The lowest BCUT2D eigenvalue weighted by atomic mass is 10.0. The first-order valence-electron chi connectivity index (χ1n) is 13.6. The molecule has 226 valence electrons. The van der Waals surface area contributed by atoms with E-state index in [9.17, 15) is 18.0 Å². The maximum absolute atomic E-state index is 13.9. The molecular formula is C31H37Cl2N3O5S. The zero-order valence-electron chi connectivity index (χ0n) is 24.2. The van der Waals surface area contributed by atoms with E-state index in [1.807, 2.05) is 68.4 Å². The van der Waals surface area contributed by atoms with Crippen molar-refractivity contribution < 1.29 is 22.7 Å². The number of hydrogen-bond acceptors (Lipinski definition) is 5. The summed E-state index contributed by atoms with van der Waals surface area (Å²) in [6.07, 6.45) is 1.57. The Hall–Kier alpha value is -3.27. The van der Waals surface area contributed by atoms with Crippen LogP contribution < -0.4 is 14.4 Å². The monoisotopic (exact) mass is 633 g/mol. The minimum absolute atomic E-state index is 0.000816. The Morgan fingerprint density at radius 2 is 1.64 bits per heavy atom. The number of nitrogens with zero attached hydrogens (tertiary/aromatic N) is 2. The maximum Gasteiger partial charge on any atom is 0.243 e. The average molecular weight is 635 g/mol. The number of methoxy groups -OCH3 is 1. The summed E-state index contributed by atoms with van der Waals surface area (Å²) in [5, 5.41) is 3.52. The number of carbonyl (C=O) groups is 2. The van der Waals surface area contributed by atoms with Gasteiger partial charge in [0.2, 0.25) is 21.8 Å². The van der Waals surface area contributed by atoms with Crippen LogP contribution in [0.25, 0.3) is 0 Å². The molecule has 8 nitrogen and oxygen atoms in total. The van der Waals surface area contributed by atoms with E-state index in [1.54, 1.807) is 18.1 Å². The van der Waals surface area contributed by atoms with E-state index in [1.165, 1.54) is 12.1 Å². The van der Waals surface area contributed by atoms with Crippen molar-refractivity contribution in [1.82, 2.24) is 10.2 Å². The highest BCUT2D eigenvalue weighted by atomic mass is 35.5. The van der Waals surface area contributed by atoms with E-state index < -0.39 is 16.1 Å². The van der Waals surface area contributed by atoms with Gasteiger partial charge in [-0.2, -0.15) is 0 Å². The number of sulfonamides is 1. The Bertz CT molecular complexity index is 1470. The summed E-state index contributed by atoms with van der Waals surface area (Å²) in [4.78, 5) is 29.0. The van der Waals surface area contributed by atoms with Gasteiger partial charge < -0.3 is 15.0 Å². The van der Waals surface area contributed by atoms with Gasteiger partial charge in [0, 0.05) is 37.0 Å². The quantitative estimate of drug-likeness (QED) is 0.245. The zero-order valence-corrected chi connectivity index (χ0v) is 26.5. The molecule has 3 rings (SSSR count). The summed E-state index contributed by atoms with van der Waals surface area (Å²) < 4.78 is 31.9. The van der Waals surface area contributed by atoms with Gasteiger partial charge in [0.15, 0.2) is 0 Å². The van der Waals surface area contributed by atoms with E-state index in [0.717, 1.165) is 21.7 Å². The molecule has 0 saturated carbocycles. The van der Waals surface area contributed by atoms with Crippen molar-refractivity contribution in [2.45, 2.75) is 51.7 Å². The van der Waals surface area contributed by atoms with Crippen molar-refractivity contribution in [3.63, 3.8) is 0 Å². The van der Waals surface area contributed by atoms with Gasteiger partial charge in [-0.25, -0.2) is 8.42 Å². The first-order chi connectivity index (χ1) is 19.9. The molecule has 0 aliphatic carbocycles. The third kappa shape index (κ3) is 9.64. The second kappa shape index (κ2) is 15.3. The van der Waals surface area contributed by atoms with E-state index in [-0.39, 0.29) is 54.5 Å². The number of rotatable bonds is 14. The standard InChI is InChI=1S/C31H37Cl2N3O5S/c1-22(2)34-31(38)29(19-23-10-6-5-7-11-23)35(21-24-12-8-13-26(18-24)41-3)30(37)14-9-17-36(42(4,39)40)28-20-25(32)15-16-27(28)33/h5-8,10-13,15-16,18,20,22,29H,9,14,17,19,21H2,1-4H3,(H,34,38). The lowest BCUT2D eigenvalue weighted by Gasteiger charge is -2.32. The van der Waals surface area contributed by atoms with Crippen LogP contribution in [-0.4, -0.2) is 57.1 Å². The first kappa shape index (κ1) is 33.2. The second-order valence-electron chi connectivity index (χ2n) is 10.3. The fourth-order valence-electron chi connectivity index (χ4n) is 4.56. The number of hydrogen-bond donors (Lipinski definition) is 1. The van der Waals surface area contributed by atoms with Crippen molar-refractivity contribution in [1.29, 1.82) is 0 Å². The molecule has 0 aliphatic heterocycles. The predicted octanol–water partition coefficient (Wildman–Crippen LogP) is 5.71. The van der Waals surface area contributed by atoms with Gasteiger partial charge in [0.1, 0.15) is 11.8 Å². The largest absolute Gasteiger partial charge is 0.497 e. The fourth-order valence-corrected chi connectivity index (χ4v) is 5.97. The SMILES string of the molecule is COc1cccc(CN(C(=O)CCCN(c2cc(Cl)ccc2Cl)S(C)(=O)=O)C(Cc2ccccc2)C(=O)NC(C)C)c1. The van der Waals surface area contributed by atoms with E-state index in [2.05, 4.69) is 5.32 Å². The van der Waals surface area contributed by atoms with Gasteiger partial charge in [-0.05, 0) is 61.7 Å². The highest BCUT2D eigenvalue weighted by Crippen LogP contribution is 2.31. The van der Waals surface area contributed by atoms with Crippen molar-refractivity contribution >= 4 is 50.7 Å². The molecule has 0 heterocycles. The number of ether oxygens (including phenoxy) is 1. The molecule has 1 N–H and O–H groups in total. The highest BCUT2D eigenvalue weighted by molar-refractivity contribution is 7.92. The Morgan fingerprint density at radius 3 is 2.29 bits per heavy atom. The van der Waals surface area contributed by atoms with Crippen molar-refractivity contribution in [3.05, 3.63) is 94.0 Å². The summed E-state index contributed by atoms with van der Waals surface area (Å²) in [7, 11) is -2.16. The van der Waals surface area contributed by atoms with Gasteiger partial charge in [0.05, 0.1) is 24.1 Å². The van der Waals surface area contributed by atoms with Crippen molar-refractivity contribution in [2.75, 3.05) is 24.2 Å². The van der Waals surface area contributed by atoms with Gasteiger partial charge in [-0.15, -0.1) is 0 Å². The van der Waals surface area contributed by atoms with Crippen LogP contribution in [0.1, 0.15) is 37.8 Å². The molecule has 0 fully saturated rings. The molecular weight excluding hydrogens is 597 g/mol. The van der Waals surface area contributed by atoms with Crippen molar-refractivity contribution in [2.24, 2.45) is 0 Å². The second-order valence-corrected chi connectivity index (χ2v) is 13.0. The smallest absolute Gasteiger partial charge is 0.243 e. The molecule has 1 unspecified atom stereocenters. The summed E-state index contributed by atoms with van der Waals surface area (Å²) in [6.45, 7) is 3.90. The first-order valence-corrected chi connectivity index (χ1v) is 16.2. The molecule has 0 spiro atoms. The molecule has 0 bridgehead atoms. The number of amides is 2. The Balaban J connectivity index is 1.92. The highest BCUT2D eigenvalue weighted by Gasteiger charge is 2.31. The molecule has 2 amide bonds. The average Bonchev–Trinajstić information content (AvgIpc) is 2.94. The summed E-state index contributed by atoms with van der Waals surface area (Å²) in [5.74, 6) is 0.0743. The molecule has 3 aromatic carbocycles. The van der Waals surface area contributed by atoms with E-state index >= 15 is 0 Å². The lowest BCUT2D eigenvalue weighted by Crippen LogP contribution is -2.51.